The summed E-state index contributed by atoms with van der Waals surface area (Å²) < 4.78 is 1.76. The lowest BCUT2D eigenvalue weighted by atomic mass is 10.2. The maximum absolute atomic E-state index is 12.7. The molecule has 0 saturated carbocycles. The number of rotatable bonds is 5. The summed E-state index contributed by atoms with van der Waals surface area (Å²) in [4.78, 5) is 21.5. The molecule has 2 heterocycles. The smallest absolute Gasteiger partial charge is 0.259 e. The van der Waals surface area contributed by atoms with Gasteiger partial charge < -0.3 is 10.6 Å². The molecule has 2 N–H and O–H groups in total. The monoisotopic (exact) mass is 398 g/mol. The van der Waals surface area contributed by atoms with E-state index < -0.39 is 0 Å². The number of anilines is 3. The van der Waals surface area contributed by atoms with Crippen LogP contribution < -0.4 is 10.6 Å². The molecule has 0 saturated heterocycles. The first-order chi connectivity index (χ1) is 14.5. The third-order valence-electron chi connectivity index (χ3n) is 4.64. The lowest BCUT2D eigenvalue weighted by molar-refractivity contribution is 0.102. The van der Waals surface area contributed by atoms with Crippen molar-refractivity contribution in [3.8, 4) is 5.69 Å². The maximum atomic E-state index is 12.7. The Balaban J connectivity index is 1.46. The first-order valence-electron chi connectivity index (χ1n) is 9.60. The van der Waals surface area contributed by atoms with Crippen LogP contribution in [-0.4, -0.2) is 25.7 Å². The summed E-state index contributed by atoms with van der Waals surface area (Å²) in [6.07, 6.45) is 1.59. The summed E-state index contributed by atoms with van der Waals surface area (Å²) in [5, 5.41) is 10.5. The van der Waals surface area contributed by atoms with Gasteiger partial charge in [0.1, 0.15) is 0 Å². The molecule has 0 atom stereocenters. The molecule has 4 rings (SSSR count). The summed E-state index contributed by atoms with van der Waals surface area (Å²) >= 11 is 0. The highest BCUT2D eigenvalue weighted by Crippen LogP contribution is 2.19. The van der Waals surface area contributed by atoms with E-state index in [-0.39, 0.29) is 5.91 Å². The highest BCUT2D eigenvalue weighted by molar-refractivity contribution is 6.05. The first kappa shape index (κ1) is 19.3. The molecule has 0 spiro atoms. The van der Waals surface area contributed by atoms with Gasteiger partial charge in [0, 0.05) is 22.8 Å². The molecule has 7 heteroatoms. The molecular formula is C23H22N6O. The Morgan fingerprint density at radius 3 is 2.17 bits per heavy atom. The van der Waals surface area contributed by atoms with Crippen molar-refractivity contribution in [2.24, 2.45) is 0 Å². The number of hydrogen-bond donors (Lipinski definition) is 2. The van der Waals surface area contributed by atoms with Gasteiger partial charge in [-0.2, -0.15) is 5.10 Å². The summed E-state index contributed by atoms with van der Waals surface area (Å²) in [5.41, 5.74) is 5.57. The zero-order valence-corrected chi connectivity index (χ0v) is 17.0. The second-order valence-electron chi connectivity index (χ2n) is 7.02. The number of aromatic nitrogens is 4. The van der Waals surface area contributed by atoms with E-state index in [9.17, 15) is 4.79 Å². The third kappa shape index (κ3) is 4.20. The summed E-state index contributed by atoms with van der Waals surface area (Å²) in [6, 6.07) is 19.1. The molecule has 2 aromatic carbocycles. The van der Waals surface area contributed by atoms with Gasteiger partial charge in [-0.15, -0.1) is 0 Å². The average molecular weight is 398 g/mol. The van der Waals surface area contributed by atoms with E-state index in [1.54, 1.807) is 10.9 Å². The molecule has 1 amide bonds. The normalized spacial score (nSPS) is 10.6. The Morgan fingerprint density at radius 1 is 0.867 bits per heavy atom. The van der Waals surface area contributed by atoms with Crippen molar-refractivity contribution in [3.63, 3.8) is 0 Å². The van der Waals surface area contributed by atoms with Crippen molar-refractivity contribution in [2.75, 3.05) is 10.6 Å². The molecule has 0 aliphatic carbocycles. The molecule has 0 bridgehead atoms. The number of para-hydroxylation sites is 1. The van der Waals surface area contributed by atoms with Crippen LogP contribution in [0.4, 0.5) is 17.3 Å². The van der Waals surface area contributed by atoms with Crippen molar-refractivity contribution < 1.29 is 4.79 Å². The molecule has 4 aromatic rings. The molecule has 0 unspecified atom stereocenters. The predicted molar refractivity (Wildman–Crippen MR) is 117 cm³/mol. The van der Waals surface area contributed by atoms with Crippen LogP contribution >= 0.6 is 0 Å². The van der Waals surface area contributed by atoms with Crippen molar-refractivity contribution in [3.05, 3.63) is 89.5 Å². The SMILES string of the molecule is Cc1cc(C)nc(Nc2ccc(NC(=O)c3cnn(-c4ccccc4)c3C)cc2)n1. The van der Waals surface area contributed by atoms with Crippen molar-refractivity contribution in [1.82, 2.24) is 19.7 Å². The fourth-order valence-electron chi connectivity index (χ4n) is 3.21. The number of carbonyl (C=O) groups is 1. The van der Waals surface area contributed by atoms with Gasteiger partial charge in [-0.05, 0) is 63.2 Å². The summed E-state index contributed by atoms with van der Waals surface area (Å²) in [5.74, 6) is 0.348. The second-order valence-corrected chi connectivity index (χ2v) is 7.02. The van der Waals surface area contributed by atoms with Crippen LogP contribution in [0.3, 0.4) is 0 Å². The predicted octanol–water partition coefficient (Wildman–Crippen LogP) is 4.58. The minimum absolute atomic E-state index is 0.201. The Bertz CT molecular complexity index is 1160. The van der Waals surface area contributed by atoms with E-state index in [2.05, 4.69) is 25.7 Å². The number of benzene rings is 2. The van der Waals surface area contributed by atoms with E-state index in [0.717, 1.165) is 28.5 Å². The van der Waals surface area contributed by atoms with Gasteiger partial charge in [0.25, 0.3) is 5.91 Å². The lowest BCUT2D eigenvalue weighted by Crippen LogP contribution is -2.13. The molecule has 150 valence electrons. The minimum Gasteiger partial charge on any atom is -0.324 e. The van der Waals surface area contributed by atoms with Crippen LogP contribution in [0, 0.1) is 20.8 Å². The number of carbonyl (C=O) groups excluding carboxylic acids is 1. The second kappa shape index (κ2) is 8.16. The standard InChI is InChI=1S/C23H22N6O/c1-15-13-16(2)26-23(25-15)28-19-11-9-18(10-12-19)27-22(30)21-14-24-29(17(21)3)20-7-5-4-6-8-20/h4-14H,1-3H3,(H,27,30)(H,25,26,28). The summed E-state index contributed by atoms with van der Waals surface area (Å²) in [7, 11) is 0. The third-order valence-corrected chi connectivity index (χ3v) is 4.64. The minimum atomic E-state index is -0.201. The number of aryl methyl sites for hydroxylation is 2. The highest BCUT2D eigenvalue weighted by Gasteiger charge is 2.15. The zero-order chi connectivity index (χ0) is 21.1. The van der Waals surface area contributed by atoms with Crippen LogP contribution in [0.2, 0.25) is 0 Å². The lowest BCUT2D eigenvalue weighted by Gasteiger charge is -2.09. The van der Waals surface area contributed by atoms with Crippen LogP contribution in [0.5, 0.6) is 0 Å². The fourth-order valence-corrected chi connectivity index (χ4v) is 3.21. The van der Waals surface area contributed by atoms with E-state index in [4.69, 9.17) is 0 Å². The molecule has 0 aliphatic heterocycles. The number of nitrogens with one attached hydrogen (secondary N) is 2. The van der Waals surface area contributed by atoms with Crippen LogP contribution in [0.25, 0.3) is 5.69 Å². The highest BCUT2D eigenvalue weighted by atomic mass is 16.1. The number of nitrogens with zero attached hydrogens (tertiary/aromatic N) is 4. The largest absolute Gasteiger partial charge is 0.324 e. The molecular weight excluding hydrogens is 376 g/mol. The van der Waals surface area contributed by atoms with Crippen LogP contribution in [-0.2, 0) is 0 Å². The van der Waals surface area contributed by atoms with Gasteiger partial charge in [0.05, 0.1) is 23.1 Å². The van der Waals surface area contributed by atoms with Crippen LogP contribution in [0.1, 0.15) is 27.4 Å². The average Bonchev–Trinajstić information content (AvgIpc) is 3.11. The quantitative estimate of drug-likeness (QED) is 0.514. The van der Waals surface area contributed by atoms with Gasteiger partial charge in [-0.25, -0.2) is 14.6 Å². The molecule has 7 nitrogen and oxygen atoms in total. The number of hydrogen-bond acceptors (Lipinski definition) is 5. The molecule has 30 heavy (non-hydrogen) atoms. The van der Waals surface area contributed by atoms with E-state index in [1.807, 2.05) is 81.4 Å². The molecule has 0 fully saturated rings. The van der Waals surface area contributed by atoms with E-state index >= 15 is 0 Å². The van der Waals surface area contributed by atoms with Crippen molar-refractivity contribution >= 4 is 23.2 Å². The Hall–Kier alpha value is -4.00. The van der Waals surface area contributed by atoms with Gasteiger partial charge >= 0.3 is 0 Å². The first-order valence-corrected chi connectivity index (χ1v) is 9.60. The zero-order valence-electron chi connectivity index (χ0n) is 17.0. The fraction of sp³-hybridized carbons (Fsp3) is 0.130. The molecule has 0 radical (unpaired) electrons. The Morgan fingerprint density at radius 2 is 1.50 bits per heavy atom. The van der Waals surface area contributed by atoms with Crippen molar-refractivity contribution in [1.29, 1.82) is 0 Å². The topological polar surface area (TPSA) is 84.7 Å². The van der Waals surface area contributed by atoms with Gasteiger partial charge in [0.15, 0.2) is 0 Å². The molecule has 0 aliphatic rings. The summed E-state index contributed by atoms with van der Waals surface area (Å²) in [6.45, 7) is 5.74. The van der Waals surface area contributed by atoms with Crippen molar-refractivity contribution in [2.45, 2.75) is 20.8 Å². The van der Waals surface area contributed by atoms with E-state index in [1.165, 1.54) is 0 Å². The van der Waals surface area contributed by atoms with Gasteiger partial charge in [0.2, 0.25) is 5.95 Å². The Kier molecular flexibility index (Phi) is 5.26. The maximum Gasteiger partial charge on any atom is 0.259 e. The van der Waals surface area contributed by atoms with Gasteiger partial charge in [-0.3, -0.25) is 4.79 Å². The Labute approximate surface area is 174 Å². The van der Waals surface area contributed by atoms with Crippen LogP contribution in [0.15, 0.2) is 66.9 Å². The number of amides is 1. The van der Waals surface area contributed by atoms with Gasteiger partial charge in [-0.1, -0.05) is 18.2 Å². The van der Waals surface area contributed by atoms with E-state index in [0.29, 0.717) is 17.2 Å². The molecule has 2 aromatic heterocycles.